The Hall–Kier alpha value is -0.860. The molecule has 0 heterocycles. The minimum absolute atomic E-state index is 0.0357. The van der Waals surface area contributed by atoms with Crippen molar-refractivity contribution in [2.45, 2.75) is 70.9 Å². The number of nitrogens with one attached hydrogen (secondary N) is 1. The number of benzene rings is 1. The van der Waals surface area contributed by atoms with Crippen molar-refractivity contribution in [1.82, 2.24) is 5.32 Å². The minimum atomic E-state index is -0.0357. The lowest BCUT2D eigenvalue weighted by molar-refractivity contribution is -0.0688. The molecule has 2 heteroatoms. The Labute approximate surface area is 130 Å². The highest BCUT2D eigenvalue weighted by Gasteiger charge is 2.41. The summed E-state index contributed by atoms with van der Waals surface area (Å²) in [5.74, 6) is 0. The predicted octanol–water partition coefficient (Wildman–Crippen LogP) is 4.69. The molecule has 0 amide bonds. The Bertz CT molecular complexity index is 449. The number of rotatable bonds is 6. The smallest absolute Gasteiger partial charge is 0.0872 e. The molecule has 2 rings (SSSR count). The highest BCUT2D eigenvalue weighted by Crippen LogP contribution is 2.42. The molecule has 0 radical (unpaired) electrons. The van der Waals surface area contributed by atoms with Gasteiger partial charge in [-0.3, -0.25) is 0 Å². The largest absolute Gasteiger partial charge is 0.376 e. The number of hydrogen-bond acceptors (Lipinski definition) is 2. The van der Waals surface area contributed by atoms with E-state index in [4.69, 9.17) is 4.74 Å². The molecular weight excluding hydrogens is 258 g/mol. The Kier molecular flexibility index (Phi) is 5.83. The molecule has 1 saturated carbocycles. The Morgan fingerprint density at radius 3 is 2.52 bits per heavy atom. The molecule has 0 aromatic heterocycles. The Balaban J connectivity index is 2.38. The van der Waals surface area contributed by atoms with Crippen LogP contribution in [-0.4, -0.2) is 19.3 Å². The molecule has 0 spiro atoms. The zero-order chi connectivity index (χ0) is 15.3. The summed E-state index contributed by atoms with van der Waals surface area (Å²) < 4.78 is 6.12. The molecule has 1 aromatic carbocycles. The third kappa shape index (κ3) is 3.49. The zero-order valence-electron chi connectivity index (χ0n) is 14.2. The van der Waals surface area contributed by atoms with Crippen LogP contribution in [0.15, 0.2) is 18.2 Å². The van der Waals surface area contributed by atoms with Crippen LogP contribution < -0.4 is 5.32 Å². The van der Waals surface area contributed by atoms with Crippen LogP contribution in [0, 0.1) is 13.8 Å². The summed E-state index contributed by atoms with van der Waals surface area (Å²) >= 11 is 0. The average molecular weight is 289 g/mol. The molecule has 2 nitrogen and oxygen atoms in total. The fraction of sp³-hybridized carbons (Fsp3) is 0.684. The topological polar surface area (TPSA) is 21.3 Å². The maximum absolute atomic E-state index is 6.12. The van der Waals surface area contributed by atoms with Gasteiger partial charge >= 0.3 is 0 Å². The SMILES string of the molecule is CCCNC(c1cccc(C)c1C)C1(OC)CCCCC1. The van der Waals surface area contributed by atoms with Crippen molar-refractivity contribution < 1.29 is 4.74 Å². The summed E-state index contributed by atoms with van der Waals surface area (Å²) in [4.78, 5) is 0. The predicted molar refractivity (Wildman–Crippen MR) is 89.8 cm³/mol. The maximum atomic E-state index is 6.12. The van der Waals surface area contributed by atoms with Gasteiger partial charge in [0.2, 0.25) is 0 Å². The fourth-order valence-electron chi connectivity index (χ4n) is 3.72. The summed E-state index contributed by atoms with van der Waals surface area (Å²) in [7, 11) is 1.90. The molecule has 1 N–H and O–H groups in total. The summed E-state index contributed by atoms with van der Waals surface area (Å²) in [6.07, 6.45) is 7.39. The summed E-state index contributed by atoms with van der Waals surface area (Å²) in [5.41, 5.74) is 4.17. The number of ether oxygens (including phenoxy) is 1. The molecule has 1 aliphatic carbocycles. The van der Waals surface area contributed by atoms with Crippen LogP contribution >= 0.6 is 0 Å². The Morgan fingerprint density at radius 1 is 1.19 bits per heavy atom. The first-order valence-electron chi connectivity index (χ1n) is 8.49. The van der Waals surface area contributed by atoms with E-state index in [2.05, 4.69) is 44.3 Å². The zero-order valence-corrected chi connectivity index (χ0v) is 14.2. The molecule has 118 valence electrons. The van der Waals surface area contributed by atoms with E-state index in [1.807, 2.05) is 7.11 Å². The second-order valence-corrected chi connectivity index (χ2v) is 6.51. The van der Waals surface area contributed by atoms with Crippen molar-refractivity contribution in [3.63, 3.8) is 0 Å². The lowest BCUT2D eigenvalue weighted by Gasteiger charge is -2.44. The van der Waals surface area contributed by atoms with Crippen molar-refractivity contribution in [1.29, 1.82) is 0 Å². The fourth-order valence-corrected chi connectivity index (χ4v) is 3.72. The van der Waals surface area contributed by atoms with Gasteiger partial charge < -0.3 is 10.1 Å². The normalized spacial score (nSPS) is 19.4. The first kappa shape index (κ1) is 16.5. The molecule has 1 aliphatic rings. The van der Waals surface area contributed by atoms with Crippen LogP contribution in [0.3, 0.4) is 0 Å². The van der Waals surface area contributed by atoms with Gasteiger partial charge in [-0.15, -0.1) is 0 Å². The molecule has 0 aliphatic heterocycles. The van der Waals surface area contributed by atoms with Crippen LogP contribution in [0.2, 0.25) is 0 Å². The molecule has 1 fully saturated rings. The molecule has 0 bridgehead atoms. The van der Waals surface area contributed by atoms with Crippen molar-refractivity contribution in [2.24, 2.45) is 0 Å². The first-order chi connectivity index (χ1) is 10.1. The second-order valence-electron chi connectivity index (χ2n) is 6.51. The highest BCUT2D eigenvalue weighted by atomic mass is 16.5. The second kappa shape index (κ2) is 7.42. The maximum Gasteiger partial charge on any atom is 0.0872 e. The van der Waals surface area contributed by atoms with Crippen LogP contribution in [0.5, 0.6) is 0 Å². The number of aryl methyl sites for hydroxylation is 1. The van der Waals surface area contributed by atoms with Gasteiger partial charge in [-0.25, -0.2) is 0 Å². The summed E-state index contributed by atoms with van der Waals surface area (Å²) in [6.45, 7) is 7.73. The van der Waals surface area contributed by atoms with Gasteiger partial charge in [0, 0.05) is 7.11 Å². The first-order valence-corrected chi connectivity index (χ1v) is 8.49. The van der Waals surface area contributed by atoms with E-state index in [1.54, 1.807) is 0 Å². The van der Waals surface area contributed by atoms with Crippen LogP contribution in [-0.2, 0) is 4.74 Å². The van der Waals surface area contributed by atoms with Crippen LogP contribution in [0.25, 0.3) is 0 Å². The van der Waals surface area contributed by atoms with E-state index in [0.717, 1.165) is 25.8 Å². The van der Waals surface area contributed by atoms with Gasteiger partial charge in [-0.05, 0) is 56.3 Å². The highest BCUT2D eigenvalue weighted by molar-refractivity contribution is 5.37. The quantitative estimate of drug-likeness (QED) is 0.820. The molecule has 1 unspecified atom stereocenters. The monoisotopic (exact) mass is 289 g/mol. The standard InChI is InChI=1S/C19H31NO/c1-5-14-20-18(17-11-9-10-15(2)16(17)3)19(21-4)12-7-6-8-13-19/h9-11,18,20H,5-8,12-14H2,1-4H3. The van der Waals surface area contributed by atoms with Gasteiger partial charge in [0.1, 0.15) is 0 Å². The van der Waals surface area contributed by atoms with E-state index in [9.17, 15) is 0 Å². The Morgan fingerprint density at radius 2 is 1.90 bits per heavy atom. The lowest BCUT2D eigenvalue weighted by atomic mass is 9.75. The molecular formula is C19H31NO. The van der Waals surface area contributed by atoms with E-state index in [0.29, 0.717) is 6.04 Å². The van der Waals surface area contributed by atoms with Crippen LogP contribution in [0.1, 0.15) is 68.2 Å². The van der Waals surface area contributed by atoms with Crippen LogP contribution in [0.4, 0.5) is 0 Å². The third-order valence-electron chi connectivity index (χ3n) is 5.19. The lowest BCUT2D eigenvalue weighted by Crippen LogP contribution is -2.47. The third-order valence-corrected chi connectivity index (χ3v) is 5.19. The van der Waals surface area contributed by atoms with E-state index < -0.39 is 0 Å². The van der Waals surface area contributed by atoms with Gasteiger partial charge in [0.25, 0.3) is 0 Å². The summed E-state index contributed by atoms with van der Waals surface area (Å²) in [6, 6.07) is 6.98. The van der Waals surface area contributed by atoms with Crippen molar-refractivity contribution in [2.75, 3.05) is 13.7 Å². The minimum Gasteiger partial charge on any atom is -0.376 e. The van der Waals surface area contributed by atoms with E-state index in [1.165, 1.54) is 36.0 Å². The number of hydrogen-bond donors (Lipinski definition) is 1. The average Bonchev–Trinajstić information content (AvgIpc) is 2.52. The van der Waals surface area contributed by atoms with Gasteiger partial charge in [-0.1, -0.05) is 44.4 Å². The van der Waals surface area contributed by atoms with Crippen molar-refractivity contribution in [3.8, 4) is 0 Å². The van der Waals surface area contributed by atoms with Gasteiger partial charge in [0.15, 0.2) is 0 Å². The van der Waals surface area contributed by atoms with E-state index in [-0.39, 0.29) is 5.60 Å². The summed E-state index contributed by atoms with van der Waals surface area (Å²) in [5, 5.41) is 3.79. The number of methoxy groups -OCH3 is 1. The molecule has 1 aromatic rings. The molecule has 0 saturated heterocycles. The van der Waals surface area contributed by atoms with E-state index >= 15 is 0 Å². The molecule has 21 heavy (non-hydrogen) atoms. The van der Waals surface area contributed by atoms with Gasteiger partial charge in [0.05, 0.1) is 11.6 Å². The van der Waals surface area contributed by atoms with Gasteiger partial charge in [-0.2, -0.15) is 0 Å². The van der Waals surface area contributed by atoms with Crippen molar-refractivity contribution in [3.05, 3.63) is 34.9 Å². The molecule has 1 atom stereocenters. The van der Waals surface area contributed by atoms with Crippen molar-refractivity contribution >= 4 is 0 Å².